The van der Waals surface area contributed by atoms with Crippen LogP contribution in [0.5, 0.6) is 0 Å². The van der Waals surface area contributed by atoms with E-state index in [1.165, 1.54) is 11.1 Å². The highest BCUT2D eigenvalue weighted by molar-refractivity contribution is 5.73. The van der Waals surface area contributed by atoms with Gasteiger partial charge in [-0.05, 0) is 30.2 Å². The number of hydrogen-bond donors (Lipinski definition) is 0. The van der Waals surface area contributed by atoms with Gasteiger partial charge in [0.2, 0.25) is 0 Å². The van der Waals surface area contributed by atoms with E-state index < -0.39 is 0 Å². The molecule has 0 bridgehead atoms. The molecule has 2 rings (SSSR count). The lowest BCUT2D eigenvalue weighted by molar-refractivity contribution is 0.283. The van der Waals surface area contributed by atoms with Gasteiger partial charge in [-0.2, -0.15) is 0 Å². The second-order valence-corrected chi connectivity index (χ2v) is 4.23. The van der Waals surface area contributed by atoms with E-state index in [-0.39, 0.29) is 0 Å². The number of allylic oxidation sites excluding steroid dienone is 4. The molecule has 1 aliphatic carbocycles. The van der Waals surface area contributed by atoms with Crippen molar-refractivity contribution in [2.24, 2.45) is 0 Å². The van der Waals surface area contributed by atoms with E-state index in [0.717, 1.165) is 23.5 Å². The molecule has 0 saturated carbocycles. The molecule has 18 heavy (non-hydrogen) atoms. The van der Waals surface area contributed by atoms with Crippen LogP contribution in [0.1, 0.15) is 17.5 Å². The molecule has 2 nitrogen and oxygen atoms in total. The van der Waals surface area contributed by atoms with Crippen molar-refractivity contribution >= 4 is 5.57 Å². The highest BCUT2D eigenvalue weighted by Crippen LogP contribution is 2.31. The molecule has 2 heteroatoms. The fourth-order valence-corrected chi connectivity index (χ4v) is 2.13. The van der Waals surface area contributed by atoms with Crippen LogP contribution in [-0.2, 0) is 9.47 Å². The standard InChI is InChI=1S/C16H18O2/c1-12-7-4-5-9-14(12)15-11-13(17-2)8-6-10-16(15)18-3/h4-10H,11H2,1-3H3. The van der Waals surface area contributed by atoms with Crippen molar-refractivity contribution in [2.45, 2.75) is 13.3 Å². The van der Waals surface area contributed by atoms with E-state index >= 15 is 0 Å². The van der Waals surface area contributed by atoms with Crippen LogP contribution in [0, 0.1) is 6.92 Å². The summed E-state index contributed by atoms with van der Waals surface area (Å²) >= 11 is 0. The summed E-state index contributed by atoms with van der Waals surface area (Å²) in [5.41, 5.74) is 3.62. The SMILES string of the molecule is COC1=CC=CC(OC)=C(c2ccccc2C)C1. The van der Waals surface area contributed by atoms with Gasteiger partial charge in [-0.15, -0.1) is 0 Å². The van der Waals surface area contributed by atoms with Crippen molar-refractivity contribution in [2.75, 3.05) is 14.2 Å². The minimum Gasteiger partial charge on any atom is -0.501 e. The van der Waals surface area contributed by atoms with Gasteiger partial charge in [-0.3, -0.25) is 0 Å². The van der Waals surface area contributed by atoms with Gasteiger partial charge in [0.05, 0.1) is 14.2 Å². The minimum atomic E-state index is 0.748. The van der Waals surface area contributed by atoms with E-state index in [9.17, 15) is 0 Å². The van der Waals surface area contributed by atoms with Gasteiger partial charge in [0.1, 0.15) is 11.5 Å². The Kier molecular flexibility index (Phi) is 3.88. The molecule has 0 aliphatic heterocycles. The van der Waals surface area contributed by atoms with Gasteiger partial charge in [0, 0.05) is 12.0 Å². The Morgan fingerprint density at radius 1 is 1.06 bits per heavy atom. The molecule has 0 aromatic heterocycles. The summed E-state index contributed by atoms with van der Waals surface area (Å²) in [4.78, 5) is 0. The molecule has 0 unspecified atom stereocenters. The van der Waals surface area contributed by atoms with Crippen molar-refractivity contribution in [3.05, 3.63) is 65.1 Å². The Morgan fingerprint density at radius 2 is 1.83 bits per heavy atom. The molecule has 0 radical (unpaired) electrons. The first kappa shape index (κ1) is 12.5. The number of aryl methyl sites for hydroxylation is 1. The predicted octanol–water partition coefficient (Wildman–Crippen LogP) is 3.84. The van der Waals surface area contributed by atoms with E-state index in [0.29, 0.717) is 0 Å². The number of hydrogen-bond acceptors (Lipinski definition) is 2. The molecule has 0 amide bonds. The predicted molar refractivity (Wildman–Crippen MR) is 74.0 cm³/mol. The second-order valence-electron chi connectivity index (χ2n) is 4.23. The zero-order chi connectivity index (χ0) is 13.0. The minimum absolute atomic E-state index is 0.748. The van der Waals surface area contributed by atoms with Gasteiger partial charge in [-0.1, -0.05) is 30.3 Å². The van der Waals surface area contributed by atoms with Crippen LogP contribution in [0.3, 0.4) is 0 Å². The Balaban J connectivity index is 2.51. The second kappa shape index (κ2) is 5.58. The molecule has 0 atom stereocenters. The summed E-state index contributed by atoms with van der Waals surface area (Å²) < 4.78 is 10.9. The van der Waals surface area contributed by atoms with E-state index in [1.54, 1.807) is 14.2 Å². The molecule has 1 aromatic carbocycles. The maximum absolute atomic E-state index is 5.49. The van der Waals surface area contributed by atoms with Crippen molar-refractivity contribution in [3.63, 3.8) is 0 Å². The van der Waals surface area contributed by atoms with Crippen LogP contribution in [0.15, 0.2) is 54.0 Å². The number of rotatable bonds is 3. The number of methoxy groups -OCH3 is 2. The molecule has 1 aromatic rings. The number of ether oxygens (including phenoxy) is 2. The molecule has 0 fully saturated rings. The lowest BCUT2D eigenvalue weighted by Crippen LogP contribution is -1.97. The fraction of sp³-hybridized carbons (Fsp3) is 0.250. The van der Waals surface area contributed by atoms with Crippen molar-refractivity contribution in [1.82, 2.24) is 0 Å². The van der Waals surface area contributed by atoms with Crippen LogP contribution < -0.4 is 0 Å². The van der Waals surface area contributed by atoms with Crippen LogP contribution in [0.4, 0.5) is 0 Å². The third-order valence-corrected chi connectivity index (χ3v) is 3.13. The summed E-state index contributed by atoms with van der Waals surface area (Å²) in [5, 5.41) is 0. The Hall–Kier alpha value is -1.96. The van der Waals surface area contributed by atoms with Gasteiger partial charge >= 0.3 is 0 Å². The quantitative estimate of drug-likeness (QED) is 0.801. The first-order valence-electron chi connectivity index (χ1n) is 6.00. The number of benzene rings is 1. The molecule has 0 heterocycles. The molecule has 0 spiro atoms. The highest BCUT2D eigenvalue weighted by Gasteiger charge is 2.14. The Labute approximate surface area is 108 Å². The first-order chi connectivity index (χ1) is 8.76. The average molecular weight is 242 g/mol. The van der Waals surface area contributed by atoms with Crippen molar-refractivity contribution in [1.29, 1.82) is 0 Å². The lowest BCUT2D eigenvalue weighted by atomic mass is 9.96. The van der Waals surface area contributed by atoms with Gasteiger partial charge in [-0.25, -0.2) is 0 Å². The molecule has 0 N–H and O–H groups in total. The van der Waals surface area contributed by atoms with E-state index in [4.69, 9.17) is 9.47 Å². The Bertz CT molecular complexity index is 522. The largest absolute Gasteiger partial charge is 0.501 e. The van der Waals surface area contributed by atoms with Gasteiger partial charge in [0.25, 0.3) is 0 Å². The monoisotopic (exact) mass is 242 g/mol. The fourth-order valence-electron chi connectivity index (χ4n) is 2.13. The molecule has 1 aliphatic rings. The van der Waals surface area contributed by atoms with E-state index in [2.05, 4.69) is 19.1 Å². The third kappa shape index (κ3) is 2.48. The molecular formula is C16H18O2. The zero-order valence-electron chi connectivity index (χ0n) is 11.1. The maximum atomic E-state index is 5.49. The average Bonchev–Trinajstić information content (AvgIpc) is 2.61. The van der Waals surface area contributed by atoms with Crippen LogP contribution in [-0.4, -0.2) is 14.2 Å². The normalized spacial score (nSPS) is 15.2. The van der Waals surface area contributed by atoms with Crippen LogP contribution in [0.2, 0.25) is 0 Å². The lowest BCUT2D eigenvalue weighted by Gasteiger charge is -2.14. The maximum Gasteiger partial charge on any atom is 0.123 e. The summed E-state index contributed by atoms with van der Waals surface area (Å²) in [6.07, 6.45) is 6.67. The smallest absolute Gasteiger partial charge is 0.123 e. The molecule has 94 valence electrons. The topological polar surface area (TPSA) is 18.5 Å². The summed E-state index contributed by atoms with van der Waals surface area (Å²) in [6, 6.07) is 8.33. The molecular weight excluding hydrogens is 224 g/mol. The first-order valence-corrected chi connectivity index (χ1v) is 6.00. The third-order valence-electron chi connectivity index (χ3n) is 3.13. The van der Waals surface area contributed by atoms with E-state index in [1.807, 2.05) is 30.4 Å². The molecule has 0 saturated heterocycles. The summed E-state index contributed by atoms with van der Waals surface area (Å²) in [6.45, 7) is 2.11. The van der Waals surface area contributed by atoms with Gasteiger partial charge < -0.3 is 9.47 Å². The van der Waals surface area contributed by atoms with Crippen molar-refractivity contribution < 1.29 is 9.47 Å². The van der Waals surface area contributed by atoms with Gasteiger partial charge in [0.15, 0.2) is 0 Å². The highest BCUT2D eigenvalue weighted by atomic mass is 16.5. The van der Waals surface area contributed by atoms with Crippen molar-refractivity contribution in [3.8, 4) is 0 Å². The van der Waals surface area contributed by atoms with Crippen LogP contribution in [0.25, 0.3) is 5.57 Å². The Morgan fingerprint density at radius 3 is 2.50 bits per heavy atom. The van der Waals surface area contributed by atoms with Crippen LogP contribution >= 0.6 is 0 Å². The summed E-state index contributed by atoms with van der Waals surface area (Å²) in [5.74, 6) is 1.84. The summed E-state index contributed by atoms with van der Waals surface area (Å²) in [7, 11) is 3.41. The zero-order valence-corrected chi connectivity index (χ0v) is 11.1.